The molecule has 0 unspecified atom stereocenters. The summed E-state index contributed by atoms with van der Waals surface area (Å²) in [4.78, 5) is 10.4. The van der Waals surface area contributed by atoms with E-state index in [0.29, 0.717) is 6.61 Å². The van der Waals surface area contributed by atoms with Crippen molar-refractivity contribution in [3.05, 3.63) is 35.9 Å². The fourth-order valence-corrected chi connectivity index (χ4v) is 1.08. The Labute approximate surface area is 110 Å². The lowest BCUT2D eigenvalue weighted by Gasteiger charge is -2.21. The molecule has 0 fully saturated rings. The number of carbonyl (C=O) groups excluding carboxylic acids is 1. The molecule has 0 bridgehead atoms. The monoisotopic (exact) mass is 252 g/mol. The normalized spacial score (nSPS) is 10.3. The summed E-state index contributed by atoms with van der Waals surface area (Å²) in [5, 5.41) is 0. The lowest BCUT2D eigenvalue weighted by molar-refractivity contribution is -0.142. The van der Waals surface area contributed by atoms with Gasteiger partial charge in [-0.05, 0) is 20.8 Å². The summed E-state index contributed by atoms with van der Waals surface area (Å²) in [7, 11) is 1.65. The minimum atomic E-state index is -0.239. The number of hydrogen-bond donors (Lipinski definition) is 0. The molecule has 0 spiro atoms. The maximum absolute atomic E-state index is 10.4. The zero-order valence-corrected chi connectivity index (χ0v) is 12.0. The first kappa shape index (κ1) is 16.6. The average molecular weight is 252 g/mol. The van der Waals surface area contributed by atoms with Crippen LogP contribution in [0.3, 0.4) is 0 Å². The summed E-state index contributed by atoms with van der Waals surface area (Å²) in [6.07, 6.45) is 0.725. The van der Waals surface area contributed by atoms with E-state index in [1.807, 2.05) is 32.0 Å². The van der Waals surface area contributed by atoms with E-state index in [2.05, 4.69) is 19.1 Å². The van der Waals surface area contributed by atoms with Crippen LogP contribution in [-0.4, -0.2) is 25.3 Å². The lowest BCUT2D eigenvalue weighted by atomic mass is 10.1. The van der Waals surface area contributed by atoms with E-state index in [0.717, 1.165) is 6.42 Å². The Balaban J connectivity index is 0.000000351. The molecule has 0 amide bonds. The summed E-state index contributed by atoms with van der Waals surface area (Å²) < 4.78 is 9.89. The Morgan fingerprint density at radius 1 is 1.22 bits per heavy atom. The van der Waals surface area contributed by atoms with Crippen LogP contribution in [0.1, 0.15) is 32.8 Å². The number of rotatable bonds is 4. The molecule has 0 aromatic heterocycles. The first-order valence-electron chi connectivity index (χ1n) is 6.07. The predicted octanol–water partition coefficient (Wildman–Crippen LogP) is 3.36. The molecule has 1 aromatic rings. The highest BCUT2D eigenvalue weighted by Gasteiger charge is 2.15. The molecule has 0 aliphatic rings. The first-order valence-corrected chi connectivity index (χ1v) is 6.07. The quantitative estimate of drug-likeness (QED) is 0.771. The number of esters is 1. The summed E-state index contributed by atoms with van der Waals surface area (Å²) in [6, 6.07) is 10.3. The van der Waals surface area contributed by atoms with Gasteiger partial charge in [0.2, 0.25) is 0 Å². The van der Waals surface area contributed by atoms with Gasteiger partial charge in [-0.1, -0.05) is 35.9 Å². The van der Waals surface area contributed by atoms with E-state index < -0.39 is 0 Å². The van der Waals surface area contributed by atoms with Crippen LogP contribution in [0.15, 0.2) is 30.3 Å². The summed E-state index contributed by atoms with van der Waals surface area (Å²) >= 11 is 0. The van der Waals surface area contributed by atoms with Crippen molar-refractivity contribution in [1.29, 1.82) is 0 Å². The highest BCUT2D eigenvalue weighted by Crippen LogP contribution is 2.12. The molecule has 1 rings (SSSR count). The van der Waals surface area contributed by atoms with Crippen LogP contribution in [0.2, 0.25) is 0 Å². The highest BCUT2D eigenvalue weighted by molar-refractivity contribution is 5.65. The van der Waals surface area contributed by atoms with Crippen LogP contribution in [0.25, 0.3) is 0 Å². The Bertz CT molecular complexity index is 331. The number of aryl methyl sites for hydroxylation is 1. The third kappa shape index (κ3) is 9.85. The maximum atomic E-state index is 10.4. The Kier molecular flexibility index (Phi) is 8.05. The van der Waals surface area contributed by atoms with E-state index >= 15 is 0 Å². The summed E-state index contributed by atoms with van der Waals surface area (Å²) in [5.74, 6) is -0.239. The Hall–Kier alpha value is -1.35. The first-order chi connectivity index (χ1) is 8.37. The molecule has 0 heterocycles. The largest absolute Gasteiger partial charge is 0.466 e. The van der Waals surface area contributed by atoms with Crippen molar-refractivity contribution in [2.45, 2.75) is 39.7 Å². The van der Waals surface area contributed by atoms with Gasteiger partial charge >= 0.3 is 5.97 Å². The van der Waals surface area contributed by atoms with Gasteiger partial charge < -0.3 is 9.47 Å². The lowest BCUT2D eigenvalue weighted by Crippen LogP contribution is -2.24. The van der Waals surface area contributed by atoms with Gasteiger partial charge in [-0.2, -0.15) is 0 Å². The minimum absolute atomic E-state index is 0.199. The second-order valence-corrected chi connectivity index (χ2v) is 4.71. The van der Waals surface area contributed by atoms with E-state index in [-0.39, 0.29) is 11.6 Å². The molecule has 0 radical (unpaired) electrons. The zero-order valence-electron chi connectivity index (χ0n) is 12.0. The topological polar surface area (TPSA) is 35.5 Å². The number of benzene rings is 1. The summed E-state index contributed by atoms with van der Waals surface area (Å²) in [5.41, 5.74) is 1.12. The van der Waals surface area contributed by atoms with Gasteiger partial charge in [0, 0.05) is 20.5 Å². The molecule has 18 heavy (non-hydrogen) atoms. The SMILES string of the molecule is COC(C)(C)CCOC(C)=O.Cc1ccccc1. The van der Waals surface area contributed by atoms with Crippen LogP contribution in [-0.2, 0) is 14.3 Å². The second-order valence-electron chi connectivity index (χ2n) is 4.71. The molecule has 3 heteroatoms. The van der Waals surface area contributed by atoms with Crippen molar-refractivity contribution in [2.75, 3.05) is 13.7 Å². The average Bonchev–Trinajstić information content (AvgIpc) is 2.30. The fraction of sp³-hybridized carbons (Fsp3) is 0.533. The van der Waals surface area contributed by atoms with Gasteiger partial charge in [0.05, 0.1) is 12.2 Å². The van der Waals surface area contributed by atoms with Crippen molar-refractivity contribution in [1.82, 2.24) is 0 Å². The standard InChI is InChI=1S/C8H16O3.C7H8/c1-7(9)11-6-5-8(2,3)10-4;1-7-5-3-2-4-6-7/h5-6H2,1-4H3;2-6H,1H3. The smallest absolute Gasteiger partial charge is 0.302 e. The summed E-state index contributed by atoms with van der Waals surface area (Å²) in [6.45, 7) is 7.82. The second kappa shape index (κ2) is 8.70. The molecule has 1 aromatic carbocycles. The molecule has 0 atom stereocenters. The number of methoxy groups -OCH3 is 1. The van der Waals surface area contributed by atoms with Crippen LogP contribution in [0.4, 0.5) is 0 Å². The molecule has 3 nitrogen and oxygen atoms in total. The van der Waals surface area contributed by atoms with Crippen molar-refractivity contribution in [3.63, 3.8) is 0 Å². The Morgan fingerprint density at radius 3 is 2.11 bits per heavy atom. The van der Waals surface area contributed by atoms with E-state index in [4.69, 9.17) is 9.47 Å². The third-order valence-corrected chi connectivity index (χ3v) is 2.50. The van der Waals surface area contributed by atoms with Gasteiger partial charge in [-0.3, -0.25) is 4.79 Å². The molecular formula is C15H24O3. The molecule has 0 aliphatic carbocycles. The van der Waals surface area contributed by atoms with Gasteiger partial charge in [0.1, 0.15) is 0 Å². The molecule has 0 saturated heterocycles. The molecule has 102 valence electrons. The van der Waals surface area contributed by atoms with Crippen molar-refractivity contribution in [2.24, 2.45) is 0 Å². The van der Waals surface area contributed by atoms with Gasteiger partial charge in [-0.25, -0.2) is 0 Å². The zero-order chi connectivity index (χ0) is 14.0. The van der Waals surface area contributed by atoms with Crippen molar-refractivity contribution < 1.29 is 14.3 Å². The maximum Gasteiger partial charge on any atom is 0.302 e. The number of carbonyl (C=O) groups is 1. The third-order valence-electron chi connectivity index (χ3n) is 2.50. The van der Waals surface area contributed by atoms with E-state index in [1.54, 1.807) is 7.11 Å². The minimum Gasteiger partial charge on any atom is -0.466 e. The molecule has 0 N–H and O–H groups in total. The van der Waals surface area contributed by atoms with Crippen LogP contribution >= 0.6 is 0 Å². The van der Waals surface area contributed by atoms with Gasteiger partial charge in [0.25, 0.3) is 0 Å². The van der Waals surface area contributed by atoms with Gasteiger partial charge in [-0.15, -0.1) is 0 Å². The van der Waals surface area contributed by atoms with Crippen LogP contribution in [0.5, 0.6) is 0 Å². The van der Waals surface area contributed by atoms with E-state index in [9.17, 15) is 4.79 Å². The highest BCUT2D eigenvalue weighted by atomic mass is 16.5. The van der Waals surface area contributed by atoms with Gasteiger partial charge in [0.15, 0.2) is 0 Å². The van der Waals surface area contributed by atoms with Crippen LogP contribution in [0, 0.1) is 6.92 Å². The van der Waals surface area contributed by atoms with Crippen molar-refractivity contribution >= 4 is 5.97 Å². The molecular weight excluding hydrogens is 228 g/mol. The van der Waals surface area contributed by atoms with E-state index in [1.165, 1.54) is 12.5 Å². The molecule has 0 saturated carbocycles. The number of ether oxygens (including phenoxy) is 2. The van der Waals surface area contributed by atoms with Crippen molar-refractivity contribution in [3.8, 4) is 0 Å². The predicted molar refractivity (Wildman–Crippen MR) is 73.5 cm³/mol. The molecule has 0 aliphatic heterocycles. The fourth-order valence-electron chi connectivity index (χ4n) is 1.08. The number of hydrogen-bond acceptors (Lipinski definition) is 3. The Morgan fingerprint density at radius 2 is 1.78 bits per heavy atom. The van der Waals surface area contributed by atoms with Crippen LogP contribution < -0.4 is 0 Å².